The summed E-state index contributed by atoms with van der Waals surface area (Å²) in [5, 5.41) is 6.69. The molecule has 1 aromatic carbocycles. The number of primary amides is 1. The fourth-order valence-corrected chi connectivity index (χ4v) is 3.60. The molecular formula is C17H18N4O4S. The maximum absolute atomic E-state index is 11.6. The number of carbonyl (C=O) groups is 1. The Hall–Kier alpha value is -2.94. The second-order valence-corrected chi connectivity index (χ2v) is 8.18. The smallest absolute Gasteiger partial charge is 0.235 e. The number of nitrogens with zero attached hydrogens (tertiary/aromatic N) is 3. The summed E-state index contributed by atoms with van der Waals surface area (Å²) < 4.78 is 29.9. The van der Waals surface area contributed by atoms with Gasteiger partial charge < -0.3 is 10.3 Å². The Morgan fingerprint density at radius 1 is 1.19 bits per heavy atom. The fourth-order valence-electron chi connectivity index (χ4n) is 2.64. The molecule has 1 unspecified atom stereocenters. The van der Waals surface area contributed by atoms with Crippen LogP contribution in [0.5, 0.6) is 0 Å². The first kappa shape index (κ1) is 17.9. The van der Waals surface area contributed by atoms with E-state index in [0.717, 1.165) is 22.9 Å². The Balaban J connectivity index is 1.71. The fraction of sp³-hybridized carbons (Fsp3) is 0.235. The van der Waals surface area contributed by atoms with Crippen molar-refractivity contribution >= 4 is 15.7 Å². The van der Waals surface area contributed by atoms with E-state index in [2.05, 4.69) is 10.3 Å². The van der Waals surface area contributed by atoms with Gasteiger partial charge in [0.15, 0.2) is 15.6 Å². The molecule has 8 nitrogen and oxygen atoms in total. The highest BCUT2D eigenvalue weighted by Crippen LogP contribution is 2.24. The van der Waals surface area contributed by atoms with Crippen molar-refractivity contribution in [1.82, 2.24) is 14.9 Å². The molecule has 0 aliphatic heterocycles. The van der Waals surface area contributed by atoms with Crippen LogP contribution in [0.2, 0.25) is 0 Å². The normalized spacial score (nSPS) is 12.8. The van der Waals surface area contributed by atoms with Crippen LogP contribution in [0, 0.1) is 0 Å². The van der Waals surface area contributed by atoms with Crippen LogP contribution in [0.4, 0.5) is 0 Å². The van der Waals surface area contributed by atoms with E-state index in [1.807, 2.05) is 24.3 Å². The van der Waals surface area contributed by atoms with Crippen molar-refractivity contribution < 1.29 is 17.7 Å². The number of hydrogen-bond acceptors (Lipinski definition) is 6. The molecule has 0 aliphatic rings. The van der Waals surface area contributed by atoms with Crippen molar-refractivity contribution in [3.8, 4) is 22.5 Å². The summed E-state index contributed by atoms with van der Waals surface area (Å²) in [7, 11) is -3.54. The van der Waals surface area contributed by atoms with Crippen molar-refractivity contribution in [1.29, 1.82) is 0 Å². The first-order valence-electron chi connectivity index (χ1n) is 7.87. The van der Waals surface area contributed by atoms with Gasteiger partial charge in [-0.25, -0.2) is 8.42 Å². The van der Waals surface area contributed by atoms with Gasteiger partial charge in [0.25, 0.3) is 0 Å². The standard InChI is InChI=1S/C17H18N4O4S/c1-26(23,24)16(17(18)22)7-9-21-11-14(10-19-21)12-2-4-13(5-3-12)15-6-8-20-25-15/h2-6,8,10-11,16H,7,9H2,1H3,(H2,18,22). The Bertz CT molecular complexity index is 992. The molecule has 9 heteroatoms. The van der Waals surface area contributed by atoms with Crippen molar-refractivity contribution in [3.05, 3.63) is 48.9 Å². The summed E-state index contributed by atoms with van der Waals surface area (Å²) in [6.07, 6.45) is 6.16. The predicted molar refractivity (Wildman–Crippen MR) is 95.6 cm³/mol. The van der Waals surface area contributed by atoms with E-state index in [1.54, 1.807) is 29.3 Å². The molecule has 3 aromatic rings. The lowest BCUT2D eigenvalue weighted by Crippen LogP contribution is -2.36. The zero-order valence-electron chi connectivity index (χ0n) is 14.1. The lowest BCUT2D eigenvalue weighted by molar-refractivity contribution is -0.117. The summed E-state index contributed by atoms with van der Waals surface area (Å²) in [6, 6.07) is 9.48. The average molecular weight is 374 g/mol. The van der Waals surface area contributed by atoms with Crippen LogP contribution < -0.4 is 5.73 Å². The van der Waals surface area contributed by atoms with Crippen LogP contribution in [-0.4, -0.2) is 40.8 Å². The minimum atomic E-state index is -3.54. The van der Waals surface area contributed by atoms with Gasteiger partial charge in [-0.1, -0.05) is 29.4 Å². The van der Waals surface area contributed by atoms with Gasteiger partial charge in [0.2, 0.25) is 5.91 Å². The van der Waals surface area contributed by atoms with Crippen LogP contribution in [0.25, 0.3) is 22.5 Å². The van der Waals surface area contributed by atoms with E-state index in [-0.39, 0.29) is 13.0 Å². The summed E-state index contributed by atoms with van der Waals surface area (Å²) in [5.41, 5.74) is 7.92. The molecule has 136 valence electrons. The van der Waals surface area contributed by atoms with Crippen molar-refractivity contribution in [2.45, 2.75) is 18.2 Å². The lowest BCUT2D eigenvalue weighted by Gasteiger charge is -2.10. The van der Waals surface area contributed by atoms with E-state index in [1.165, 1.54) is 0 Å². The first-order valence-corrected chi connectivity index (χ1v) is 9.82. The number of nitrogens with two attached hydrogens (primary N) is 1. The summed E-state index contributed by atoms with van der Waals surface area (Å²) in [5.74, 6) is -0.159. The third kappa shape index (κ3) is 3.99. The van der Waals surface area contributed by atoms with Crippen LogP contribution in [0.3, 0.4) is 0 Å². The summed E-state index contributed by atoms with van der Waals surface area (Å²) in [4.78, 5) is 11.3. The number of amides is 1. The van der Waals surface area contributed by atoms with Gasteiger partial charge in [0, 0.05) is 36.2 Å². The van der Waals surface area contributed by atoms with Gasteiger partial charge >= 0.3 is 0 Å². The molecule has 26 heavy (non-hydrogen) atoms. The van der Waals surface area contributed by atoms with Gasteiger partial charge in [-0.05, 0) is 12.0 Å². The van der Waals surface area contributed by atoms with Gasteiger partial charge in [-0.3, -0.25) is 9.48 Å². The Kier molecular flexibility index (Phi) is 4.90. The molecule has 0 fully saturated rings. The van der Waals surface area contributed by atoms with Crippen LogP contribution in [-0.2, 0) is 21.2 Å². The van der Waals surface area contributed by atoms with Gasteiger partial charge in [-0.15, -0.1) is 0 Å². The van der Waals surface area contributed by atoms with Gasteiger partial charge in [-0.2, -0.15) is 5.10 Å². The molecule has 0 spiro atoms. The minimum absolute atomic E-state index is 0.0831. The van der Waals surface area contributed by atoms with E-state index in [0.29, 0.717) is 5.76 Å². The zero-order chi connectivity index (χ0) is 18.7. The summed E-state index contributed by atoms with van der Waals surface area (Å²) >= 11 is 0. The minimum Gasteiger partial charge on any atom is -0.369 e. The molecule has 2 heterocycles. The highest BCUT2D eigenvalue weighted by Gasteiger charge is 2.26. The van der Waals surface area contributed by atoms with E-state index in [4.69, 9.17) is 10.3 Å². The number of aromatic nitrogens is 3. The molecule has 2 aromatic heterocycles. The third-order valence-corrected chi connectivity index (χ3v) is 5.53. The molecule has 3 rings (SSSR count). The predicted octanol–water partition coefficient (Wildman–Crippen LogP) is 1.49. The first-order chi connectivity index (χ1) is 12.3. The lowest BCUT2D eigenvalue weighted by atomic mass is 10.1. The molecular weight excluding hydrogens is 356 g/mol. The van der Waals surface area contributed by atoms with E-state index < -0.39 is 21.0 Å². The van der Waals surface area contributed by atoms with E-state index >= 15 is 0 Å². The number of aryl methyl sites for hydroxylation is 1. The number of sulfone groups is 1. The second kappa shape index (κ2) is 7.12. The molecule has 1 atom stereocenters. The summed E-state index contributed by atoms with van der Waals surface area (Å²) in [6.45, 7) is 0.275. The number of rotatable bonds is 7. The third-order valence-electron chi connectivity index (χ3n) is 4.03. The maximum Gasteiger partial charge on any atom is 0.235 e. The van der Waals surface area contributed by atoms with Crippen LogP contribution in [0.15, 0.2) is 53.4 Å². The molecule has 2 N–H and O–H groups in total. The highest BCUT2D eigenvalue weighted by molar-refractivity contribution is 7.92. The molecule has 0 saturated heterocycles. The van der Waals surface area contributed by atoms with E-state index in [9.17, 15) is 13.2 Å². The van der Waals surface area contributed by atoms with Crippen molar-refractivity contribution in [3.63, 3.8) is 0 Å². The highest BCUT2D eigenvalue weighted by atomic mass is 32.2. The average Bonchev–Trinajstić information content (AvgIpc) is 3.25. The van der Waals surface area contributed by atoms with Crippen molar-refractivity contribution in [2.75, 3.05) is 6.26 Å². The van der Waals surface area contributed by atoms with Crippen LogP contribution >= 0.6 is 0 Å². The Morgan fingerprint density at radius 3 is 2.46 bits per heavy atom. The molecule has 0 saturated carbocycles. The monoisotopic (exact) mass is 374 g/mol. The van der Waals surface area contributed by atoms with Crippen LogP contribution in [0.1, 0.15) is 6.42 Å². The number of carbonyl (C=O) groups excluding carboxylic acids is 1. The SMILES string of the molecule is CS(=O)(=O)C(CCn1cc(-c2ccc(-c3ccno3)cc2)cn1)C(N)=O. The number of hydrogen-bond donors (Lipinski definition) is 1. The van der Waals surface area contributed by atoms with Gasteiger partial charge in [0.1, 0.15) is 5.25 Å². The quantitative estimate of drug-likeness (QED) is 0.669. The molecule has 0 radical (unpaired) electrons. The number of benzene rings is 1. The largest absolute Gasteiger partial charge is 0.369 e. The molecule has 0 aliphatic carbocycles. The molecule has 1 amide bonds. The molecule has 0 bridgehead atoms. The maximum atomic E-state index is 11.6. The Morgan fingerprint density at radius 2 is 1.88 bits per heavy atom. The Labute approximate surface area is 150 Å². The topological polar surface area (TPSA) is 121 Å². The van der Waals surface area contributed by atoms with Crippen molar-refractivity contribution in [2.24, 2.45) is 5.73 Å². The second-order valence-electron chi connectivity index (χ2n) is 5.96. The van der Waals surface area contributed by atoms with Gasteiger partial charge in [0.05, 0.1) is 12.4 Å². The zero-order valence-corrected chi connectivity index (χ0v) is 14.9.